The fourth-order valence-corrected chi connectivity index (χ4v) is 4.29. The van der Waals surface area contributed by atoms with E-state index in [1.54, 1.807) is 0 Å². The molecule has 3 rings (SSSR count). The van der Waals surface area contributed by atoms with Crippen LogP contribution in [-0.4, -0.2) is 6.54 Å². The molecule has 0 aliphatic heterocycles. The third-order valence-electron chi connectivity index (χ3n) is 5.02. The van der Waals surface area contributed by atoms with Crippen molar-refractivity contribution in [2.75, 3.05) is 6.54 Å². The molecule has 0 saturated heterocycles. The molecule has 0 atom stereocenters. The summed E-state index contributed by atoms with van der Waals surface area (Å²) < 4.78 is 7.09. The molecule has 0 spiro atoms. The van der Waals surface area contributed by atoms with Crippen LogP contribution in [-0.2, 0) is 12.0 Å². The van der Waals surface area contributed by atoms with E-state index in [-0.39, 0.29) is 5.41 Å². The van der Waals surface area contributed by atoms with Crippen molar-refractivity contribution >= 4 is 15.9 Å². The molecule has 0 radical (unpaired) electrons. The first-order valence-electron chi connectivity index (χ1n) is 8.32. The number of hydrogen-bond acceptors (Lipinski definition) is 2. The van der Waals surface area contributed by atoms with Crippen LogP contribution in [0.1, 0.15) is 42.4 Å². The Kier molecular flexibility index (Phi) is 5.08. The third-order valence-corrected chi connectivity index (χ3v) is 5.61. The van der Waals surface area contributed by atoms with Gasteiger partial charge in [0.1, 0.15) is 12.4 Å². The van der Waals surface area contributed by atoms with Gasteiger partial charge in [-0.15, -0.1) is 0 Å². The van der Waals surface area contributed by atoms with Crippen molar-refractivity contribution in [3.63, 3.8) is 0 Å². The summed E-state index contributed by atoms with van der Waals surface area (Å²) in [6.07, 6.45) is 4.94. The maximum Gasteiger partial charge on any atom is 0.136 e. The van der Waals surface area contributed by atoms with Gasteiger partial charge < -0.3 is 10.5 Å². The molecule has 2 N–H and O–H groups in total. The predicted molar refractivity (Wildman–Crippen MR) is 98.9 cm³/mol. The van der Waals surface area contributed by atoms with Crippen LogP contribution in [0.25, 0.3) is 0 Å². The van der Waals surface area contributed by atoms with Crippen LogP contribution in [0, 0.1) is 6.92 Å². The van der Waals surface area contributed by atoms with Crippen molar-refractivity contribution in [1.29, 1.82) is 0 Å². The Morgan fingerprint density at radius 3 is 2.43 bits per heavy atom. The Morgan fingerprint density at radius 2 is 1.83 bits per heavy atom. The lowest BCUT2D eigenvalue weighted by atomic mass is 9.78. The second-order valence-corrected chi connectivity index (χ2v) is 7.42. The lowest BCUT2D eigenvalue weighted by Gasteiger charge is -2.29. The normalized spacial score (nSPS) is 16.5. The molecule has 0 heterocycles. The van der Waals surface area contributed by atoms with Crippen molar-refractivity contribution in [2.45, 2.75) is 44.6 Å². The molecule has 0 aromatic heterocycles. The highest BCUT2D eigenvalue weighted by molar-refractivity contribution is 9.10. The lowest BCUT2D eigenvalue weighted by Crippen LogP contribution is -2.32. The van der Waals surface area contributed by atoms with Gasteiger partial charge in [-0.3, -0.25) is 0 Å². The Bertz CT molecular complexity index is 640. The lowest BCUT2D eigenvalue weighted by molar-refractivity contribution is 0.301. The summed E-state index contributed by atoms with van der Waals surface area (Å²) >= 11 is 3.71. The highest BCUT2D eigenvalue weighted by Gasteiger charge is 2.34. The van der Waals surface area contributed by atoms with Gasteiger partial charge in [-0.1, -0.05) is 49.2 Å². The first-order valence-corrected chi connectivity index (χ1v) is 9.11. The van der Waals surface area contributed by atoms with E-state index in [0.29, 0.717) is 6.61 Å². The van der Waals surface area contributed by atoms with Crippen molar-refractivity contribution in [2.24, 2.45) is 5.73 Å². The summed E-state index contributed by atoms with van der Waals surface area (Å²) in [7, 11) is 0. The number of aryl methyl sites for hydroxylation is 1. The number of hydrogen-bond donors (Lipinski definition) is 1. The van der Waals surface area contributed by atoms with Gasteiger partial charge in [0.15, 0.2) is 0 Å². The standard InChI is InChI=1S/C20H24BrNO/c1-15-11-17(20(14-22)9-5-6-10-20)12-18(21)19(15)23-13-16-7-3-2-4-8-16/h2-4,7-8,11-12H,5-6,9-10,13-14,22H2,1H3. The van der Waals surface area contributed by atoms with Crippen LogP contribution in [0.4, 0.5) is 0 Å². The summed E-state index contributed by atoms with van der Waals surface area (Å²) in [5.41, 5.74) is 9.99. The second kappa shape index (κ2) is 7.06. The number of ether oxygens (including phenoxy) is 1. The summed E-state index contributed by atoms with van der Waals surface area (Å²) in [5.74, 6) is 0.933. The molecule has 0 amide bonds. The highest BCUT2D eigenvalue weighted by Crippen LogP contribution is 2.43. The van der Waals surface area contributed by atoms with Crippen LogP contribution >= 0.6 is 15.9 Å². The number of benzene rings is 2. The molecule has 1 aliphatic rings. The summed E-state index contributed by atoms with van der Waals surface area (Å²) in [5, 5.41) is 0. The topological polar surface area (TPSA) is 35.2 Å². The summed E-state index contributed by atoms with van der Waals surface area (Å²) in [4.78, 5) is 0. The molecule has 1 aliphatic carbocycles. The quantitative estimate of drug-likeness (QED) is 0.790. The van der Waals surface area contributed by atoms with Gasteiger partial charge in [0.25, 0.3) is 0 Å². The monoisotopic (exact) mass is 373 g/mol. The maximum absolute atomic E-state index is 6.13. The van der Waals surface area contributed by atoms with Gasteiger partial charge in [0.2, 0.25) is 0 Å². The molecule has 1 saturated carbocycles. The van der Waals surface area contributed by atoms with Crippen molar-refractivity contribution in [1.82, 2.24) is 0 Å². The van der Waals surface area contributed by atoms with E-state index in [4.69, 9.17) is 10.5 Å². The van der Waals surface area contributed by atoms with Crippen LogP contribution < -0.4 is 10.5 Å². The average Bonchev–Trinajstić information content (AvgIpc) is 3.05. The minimum absolute atomic E-state index is 0.158. The molecule has 2 aromatic rings. The van der Waals surface area contributed by atoms with E-state index in [0.717, 1.165) is 16.8 Å². The van der Waals surface area contributed by atoms with Gasteiger partial charge in [-0.05, 0) is 58.5 Å². The van der Waals surface area contributed by atoms with Crippen LogP contribution in [0.5, 0.6) is 5.75 Å². The second-order valence-electron chi connectivity index (χ2n) is 6.57. The zero-order valence-electron chi connectivity index (χ0n) is 13.6. The van der Waals surface area contributed by atoms with E-state index in [1.807, 2.05) is 18.2 Å². The van der Waals surface area contributed by atoms with E-state index in [2.05, 4.69) is 47.1 Å². The van der Waals surface area contributed by atoms with Crippen molar-refractivity contribution < 1.29 is 4.74 Å². The van der Waals surface area contributed by atoms with Crippen LogP contribution in [0.2, 0.25) is 0 Å². The minimum atomic E-state index is 0.158. The average molecular weight is 374 g/mol. The van der Waals surface area contributed by atoms with Crippen molar-refractivity contribution in [3.05, 3.63) is 63.6 Å². The summed E-state index contributed by atoms with van der Waals surface area (Å²) in [6.45, 7) is 3.43. The Labute approximate surface area is 147 Å². The third kappa shape index (κ3) is 3.46. The van der Waals surface area contributed by atoms with E-state index in [9.17, 15) is 0 Å². The van der Waals surface area contributed by atoms with Gasteiger partial charge in [0.05, 0.1) is 4.47 Å². The molecule has 23 heavy (non-hydrogen) atoms. The predicted octanol–water partition coefficient (Wildman–Crippen LogP) is 5.11. The summed E-state index contributed by atoms with van der Waals surface area (Å²) in [6, 6.07) is 14.7. The molecule has 0 bridgehead atoms. The molecular formula is C20H24BrNO. The number of halogens is 1. The molecule has 2 aromatic carbocycles. The highest BCUT2D eigenvalue weighted by atomic mass is 79.9. The largest absolute Gasteiger partial charge is 0.487 e. The first-order chi connectivity index (χ1) is 11.1. The van der Waals surface area contributed by atoms with Crippen LogP contribution in [0.15, 0.2) is 46.9 Å². The fraction of sp³-hybridized carbons (Fsp3) is 0.400. The van der Waals surface area contributed by atoms with Crippen molar-refractivity contribution in [3.8, 4) is 5.75 Å². The molecule has 3 heteroatoms. The van der Waals surface area contributed by atoms with E-state index in [1.165, 1.54) is 42.4 Å². The van der Waals surface area contributed by atoms with Gasteiger partial charge >= 0.3 is 0 Å². The van der Waals surface area contributed by atoms with E-state index < -0.39 is 0 Å². The molecule has 122 valence electrons. The SMILES string of the molecule is Cc1cc(C2(CN)CCCC2)cc(Br)c1OCc1ccccc1. The fourth-order valence-electron chi connectivity index (χ4n) is 3.61. The van der Waals surface area contributed by atoms with Gasteiger partial charge in [-0.2, -0.15) is 0 Å². The molecule has 2 nitrogen and oxygen atoms in total. The Balaban J connectivity index is 1.83. The zero-order valence-corrected chi connectivity index (χ0v) is 15.2. The number of nitrogens with two attached hydrogens (primary N) is 1. The van der Waals surface area contributed by atoms with E-state index >= 15 is 0 Å². The molecule has 0 unspecified atom stereocenters. The minimum Gasteiger partial charge on any atom is -0.487 e. The van der Waals surface area contributed by atoms with Crippen LogP contribution in [0.3, 0.4) is 0 Å². The maximum atomic E-state index is 6.13. The smallest absolute Gasteiger partial charge is 0.136 e. The Hall–Kier alpha value is -1.32. The van der Waals surface area contributed by atoms with Gasteiger partial charge in [0, 0.05) is 12.0 Å². The molecule has 1 fully saturated rings. The zero-order chi connectivity index (χ0) is 16.3. The first kappa shape index (κ1) is 16.5. The number of rotatable bonds is 5. The Morgan fingerprint density at radius 1 is 1.13 bits per heavy atom. The molecular weight excluding hydrogens is 350 g/mol. The van der Waals surface area contributed by atoms with Gasteiger partial charge in [-0.25, -0.2) is 0 Å².